The summed E-state index contributed by atoms with van der Waals surface area (Å²) in [6.45, 7) is 6.74. The molecule has 140 valence electrons. The fourth-order valence-electron chi connectivity index (χ4n) is 3.07. The molecule has 4 amide bonds. The standard InChI is InChI=1S/C19H26N4O3/c1-13-3-6-16(11-14(13)2)20-19(26)21-17(24)12-22-7-9-23(10-8-22)18(25)15-4-5-15/h3,6,11,15H,4-5,7-10,12H2,1-2H3,(H2,20,21,24,26). The van der Waals surface area contributed by atoms with E-state index in [2.05, 4.69) is 10.6 Å². The third-order valence-corrected chi connectivity index (χ3v) is 5.00. The highest BCUT2D eigenvalue weighted by Gasteiger charge is 2.34. The largest absolute Gasteiger partial charge is 0.340 e. The Balaban J connectivity index is 1.40. The Morgan fingerprint density at radius 3 is 2.35 bits per heavy atom. The van der Waals surface area contributed by atoms with E-state index in [1.54, 1.807) is 0 Å². The lowest BCUT2D eigenvalue weighted by Crippen LogP contribution is -2.52. The molecule has 0 aromatic heterocycles. The minimum Gasteiger partial charge on any atom is -0.340 e. The molecule has 1 saturated carbocycles. The van der Waals surface area contributed by atoms with Crippen molar-refractivity contribution >= 4 is 23.5 Å². The molecule has 1 saturated heterocycles. The summed E-state index contributed by atoms with van der Waals surface area (Å²) >= 11 is 0. The summed E-state index contributed by atoms with van der Waals surface area (Å²) in [5.41, 5.74) is 2.88. The van der Waals surface area contributed by atoms with E-state index < -0.39 is 6.03 Å². The van der Waals surface area contributed by atoms with E-state index in [-0.39, 0.29) is 24.3 Å². The Morgan fingerprint density at radius 2 is 1.73 bits per heavy atom. The summed E-state index contributed by atoms with van der Waals surface area (Å²) in [5.74, 6) is 0.147. The summed E-state index contributed by atoms with van der Waals surface area (Å²) < 4.78 is 0. The highest BCUT2D eigenvalue weighted by atomic mass is 16.2. The summed E-state index contributed by atoms with van der Waals surface area (Å²) in [6, 6.07) is 5.08. The second-order valence-electron chi connectivity index (χ2n) is 7.18. The third-order valence-electron chi connectivity index (χ3n) is 5.00. The van der Waals surface area contributed by atoms with Crippen molar-refractivity contribution in [2.75, 3.05) is 38.0 Å². The Hall–Kier alpha value is -2.41. The van der Waals surface area contributed by atoms with Crippen LogP contribution < -0.4 is 10.6 Å². The van der Waals surface area contributed by atoms with Gasteiger partial charge in [0.2, 0.25) is 11.8 Å². The van der Waals surface area contributed by atoms with Crippen LogP contribution in [0.3, 0.4) is 0 Å². The smallest absolute Gasteiger partial charge is 0.325 e. The van der Waals surface area contributed by atoms with Crippen molar-refractivity contribution in [3.05, 3.63) is 29.3 Å². The number of nitrogens with one attached hydrogen (secondary N) is 2. The van der Waals surface area contributed by atoms with E-state index in [1.807, 2.05) is 41.8 Å². The van der Waals surface area contributed by atoms with Crippen LogP contribution >= 0.6 is 0 Å². The molecule has 1 heterocycles. The van der Waals surface area contributed by atoms with Gasteiger partial charge in [0.25, 0.3) is 0 Å². The van der Waals surface area contributed by atoms with Gasteiger partial charge in [0, 0.05) is 37.8 Å². The molecular formula is C19H26N4O3. The van der Waals surface area contributed by atoms with E-state index in [0.717, 1.165) is 24.0 Å². The number of nitrogens with zero attached hydrogens (tertiary/aromatic N) is 2. The molecule has 7 nitrogen and oxygen atoms in total. The Labute approximate surface area is 153 Å². The van der Waals surface area contributed by atoms with Gasteiger partial charge >= 0.3 is 6.03 Å². The summed E-state index contributed by atoms with van der Waals surface area (Å²) in [4.78, 5) is 39.9. The van der Waals surface area contributed by atoms with Gasteiger partial charge in [-0.05, 0) is 49.9 Å². The molecule has 7 heteroatoms. The van der Waals surface area contributed by atoms with Crippen LogP contribution in [0.5, 0.6) is 0 Å². The van der Waals surface area contributed by atoms with Gasteiger partial charge in [0.1, 0.15) is 0 Å². The highest BCUT2D eigenvalue weighted by Crippen LogP contribution is 2.31. The zero-order valence-electron chi connectivity index (χ0n) is 15.4. The van der Waals surface area contributed by atoms with Crippen LogP contribution in [0.15, 0.2) is 18.2 Å². The second-order valence-corrected chi connectivity index (χ2v) is 7.18. The van der Waals surface area contributed by atoms with Crippen LogP contribution in [-0.2, 0) is 9.59 Å². The van der Waals surface area contributed by atoms with Gasteiger partial charge in [-0.1, -0.05) is 6.07 Å². The van der Waals surface area contributed by atoms with Crippen molar-refractivity contribution in [1.82, 2.24) is 15.1 Å². The first-order chi connectivity index (χ1) is 12.4. The van der Waals surface area contributed by atoms with Crippen LogP contribution in [0.2, 0.25) is 0 Å². The van der Waals surface area contributed by atoms with Crippen molar-refractivity contribution in [1.29, 1.82) is 0 Å². The van der Waals surface area contributed by atoms with E-state index in [4.69, 9.17) is 0 Å². The molecule has 1 aliphatic carbocycles. The molecule has 1 aromatic carbocycles. The average Bonchev–Trinajstić information content (AvgIpc) is 3.43. The van der Waals surface area contributed by atoms with E-state index in [0.29, 0.717) is 31.9 Å². The summed E-state index contributed by atoms with van der Waals surface area (Å²) in [6.07, 6.45) is 2.02. The van der Waals surface area contributed by atoms with Gasteiger partial charge in [0.05, 0.1) is 6.54 Å². The Morgan fingerprint density at radius 1 is 1.04 bits per heavy atom. The second kappa shape index (κ2) is 7.86. The number of hydrogen-bond acceptors (Lipinski definition) is 4. The van der Waals surface area contributed by atoms with Gasteiger partial charge in [-0.3, -0.25) is 19.8 Å². The molecule has 0 unspecified atom stereocenters. The zero-order valence-corrected chi connectivity index (χ0v) is 15.4. The maximum Gasteiger partial charge on any atom is 0.325 e. The number of hydrogen-bond donors (Lipinski definition) is 2. The maximum atomic E-state index is 12.1. The lowest BCUT2D eigenvalue weighted by Gasteiger charge is -2.34. The third kappa shape index (κ3) is 4.82. The summed E-state index contributed by atoms with van der Waals surface area (Å²) in [5, 5.41) is 5.04. The number of imide groups is 1. The quantitative estimate of drug-likeness (QED) is 0.855. The molecule has 0 bridgehead atoms. The van der Waals surface area contributed by atoms with Crippen molar-refractivity contribution in [3.8, 4) is 0 Å². The van der Waals surface area contributed by atoms with Gasteiger partial charge in [-0.15, -0.1) is 0 Å². The van der Waals surface area contributed by atoms with Crippen LogP contribution in [0.1, 0.15) is 24.0 Å². The van der Waals surface area contributed by atoms with Crippen LogP contribution in [0, 0.1) is 19.8 Å². The van der Waals surface area contributed by atoms with Gasteiger partial charge in [-0.25, -0.2) is 4.79 Å². The molecule has 26 heavy (non-hydrogen) atoms. The molecule has 0 radical (unpaired) electrons. The molecule has 3 rings (SSSR count). The maximum absolute atomic E-state index is 12.1. The first-order valence-electron chi connectivity index (χ1n) is 9.11. The molecule has 2 aliphatic rings. The first-order valence-corrected chi connectivity index (χ1v) is 9.11. The minimum absolute atomic E-state index is 0.159. The number of anilines is 1. The van der Waals surface area contributed by atoms with Crippen LogP contribution in [0.4, 0.5) is 10.5 Å². The molecule has 2 N–H and O–H groups in total. The number of carbonyl (C=O) groups is 3. The Kier molecular flexibility index (Phi) is 5.56. The predicted molar refractivity (Wildman–Crippen MR) is 98.8 cm³/mol. The molecular weight excluding hydrogens is 332 g/mol. The van der Waals surface area contributed by atoms with Crippen LogP contribution in [0.25, 0.3) is 0 Å². The van der Waals surface area contributed by atoms with E-state index in [1.165, 1.54) is 0 Å². The zero-order chi connectivity index (χ0) is 18.7. The molecule has 1 aliphatic heterocycles. The minimum atomic E-state index is -0.527. The Bertz CT molecular complexity index is 707. The normalized spacial score (nSPS) is 17.7. The van der Waals surface area contributed by atoms with Crippen LogP contribution in [-0.4, -0.2) is 60.4 Å². The number of benzene rings is 1. The van der Waals surface area contributed by atoms with E-state index in [9.17, 15) is 14.4 Å². The highest BCUT2D eigenvalue weighted by molar-refractivity contribution is 6.01. The molecule has 2 fully saturated rings. The van der Waals surface area contributed by atoms with Gasteiger partial charge < -0.3 is 10.2 Å². The molecule has 1 aromatic rings. The first kappa shape index (κ1) is 18.4. The van der Waals surface area contributed by atoms with Gasteiger partial charge in [-0.2, -0.15) is 0 Å². The lowest BCUT2D eigenvalue weighted by atomic mass is 10.1. The van der Waals surface area contributed by atoms with Crippen molar-refractivity contribution < 1.29 is 14.4 Å². The SMILES string of the molecule is Cc1ccc(NC(=O)NC(=O)CN2CCN(C(=O)C3CC3)CC2)cc1C. The van der Waals surface area contributed by atoms with Crippen molar-refractivity contribution in [2.45, 2.75) is 26.7 Å². The van der Waals surface area contributed by atoms with Crippen molar-refractivity contribution in [3.63, 3.8) is 0 Å². The number of carbonyl (C=O) groups excluding carboxylic acids is 3. The number of aryl methyl sites for hydroxylation is 2. The number of piperazine rings is 1. The molecule has 0 spiro atoms. The predicted octanol–water partition coefficient (Wildman–Crippen LogP) is 1.51. The topological polar surface area (TPSA) is 81.8 Å². The number of amides is 4. The van der Waals surface area contributed by atoms with Gasteiger partial charge in [0.15, 0.2) is 0 Å². The van der Waals surface area contributed by atoms with Crippen molar-refractivity contribution in [2.24, 2.45) is 5.92 Å². The number of rotatable bonds is 4. The lowest BCUT2D eigenvalue weighted by molar-refractivity contribution is -0.134. The van der Waals surface area contributed by atoms with E-state index >= 15 is 0 Å². The monoisotopic (exact) mass is 358 g/mol. The molecule has 0 atom stereocenters. The fraction of sp³-hybridized carbons (Fsp3) is 0.526. The summed E-state index contributed by atoms with van der Waals surface area (Å²) in [7, 11) is 0. The fourth-order valence-corrected chi connectivity index (χ4v) is 3.07. The average molecular weight is 358 g/mol. The number of urea groups is 1.